The Morgan fingerprint density at radius 1 is 1.16 bits per heavy atom. The number of benzene rings is 2. The Bertz CT molecular complexity index is 594. The van der Waals surface area contributed by atoms with Gasteiger partial charge >= 0.3 is 0 Å². The molecule has 2 aromatic carbocycles. The first-order chi connectivity index (χ1) is 9.10. The van der Waals surface area contributed by atoms with E-state index in [-0.39, 0.29) is 5.91 Å². The Kier molecular flexibility index (Phi) is 4.46. The quantitative estimate of drug-likeness (QED) is 0.821. The predicted molar refractivity (Wildman–Crippen MR) is 80.1 cm³/mol. The average Bonchev–Trinajstić information content (AvgIpc) is 2.42. The molecular weight excluding hydrogens is 281 g/mol. The monoisotopic (exact) mass is 293 g/mol. The van der Waals surface area contributed by atoms with Crippen LogP contribution in [0.3, 0.4) is 0 Å². The van der Waals surface area contributed by atoms with Crippen LogP contribution in [0.5, 0.6) is 0 Å². The lowest BCUT2D eigenvalue weighted by Crippen LogP contribution is -2.13. The van der Waals surface area contributed by atoms with E-state index in [9.17, 15) is 4.79 Å². The molecule has 2 rings (SSSR count). The first-order valence-electron chi connectivity index (χ1n) is 5.82. The van der Waals surface area contributed by atoms with Gasteiger partial charge in [-0.2, -0.15) is 0 Å². The van der Waals surface area contributed by atoms with Gasteiger partial charge < -0.3 is 5.32 Å². The standard InChI is InChI=1S/C15H13Cl2NO/c1-10-2-5-12(17)8-14(10)15(19)18-13-6-3-11(9-16)4-7-13/h2-8H,9H2,1H3,(H,18,19). The van der Waals surface area contributed by atoms with Crippen LogP contribution < -0.4 is 5.32 Å². The van der Waals surface area contributed by atoms with E-state index >= 15 is 0 Å². The summed E-state index contributed by atoms with van der Waals surface area (Å²) in [4.78, 5) is 12.1. The Balaban J connectivity index is 2.18. The van der Waals surface area contributed by atoms with Gasteiger partial charge in [0.05, 0.1) is 0 Å². The van der Waals surface area contributed by atoms with Crippen LogP contribution in [0.4, 0.5) is 5.69 Å². The van der Waals surface area contributed by atoms with Gasteiger partial charge in [0.1, 0.15) is 0 Å². The highest BCUT2D eigenvalue weighted by molar-refractivity contribution is 6.31. The number of anilines is 1. The molecule has 0 heterocycles. The second-order valence-electron chi connectivity index (χ2n) is 4.24. The van der Waals surface area contributed by atoms with Gasteiger partial charge in [0, 0.05) is 22.2 Å². The third-order valence-corrected chi connectivity index (χ3v) is 3.35. The molecule has 98 valence electrons. The largest absolute Gasteiger partial charge is 0.322 e. The molecule has 0 bridgehead atoms. The Morgan fingerprint density at radius 3 is 2.47 bits per heavy atom. The van der Waals surface area contributed by atoms with E-state index in [4.69, 9.17) is 23.2 Å². The molecular formula is C15H13Cl2NO. The molecule has 0 unspecified atom stereocenters. The van der Waals surface area contributed by atoms with Crippen LogP contribution in [-0.4, -0.2) is 5.91 Å². The zero-order valence-corrected chi connectivity index (χ0v) is 11.9. The second-order valence-corrected chi connectivity index (χ2v) is 4.95. The van der Waals surface area contributed by atoms with E-state index in [1.54, 1.807) is 12.1 Å². The van der Waals surface area contributed by atoms with Crippen molar-refractivity contribution in [1.29, 1.82) is 0 Å². The SMILES string of the molecule is Cc1ccc(Cl)cc1C(=O)Nc1ccc(CCl)cc1. The van der Waals surface area contributed by atoms with Gasteiger partial charge in [-0.3, -0.25) is 4.79 Å². The van der Waals surface area contributed by atoms with Crippen LogP contribution >= 0.6 is 23.2 Å². The molecule has 0 saturated carbocycles. The summed E-state index contributed by atoms with van der Waals surface area (Å²) in [5.41, 5.74) is 3.21. The molecule has 2 aromatic rings. The van der Waals surface area contributed by atoms with E-state index in [2.05, 4.69) is 5.32 Å². The minimum atomic E-state index is -0.168. The minimum absolute atomic E-state index is 0.168. The summed E-state index contributed by atoms with van der Waals surface area (Å²) in [6, 6.07) is 12.7. The van der Waals surface area contributed by atoms with Crippen molar-refractivity contribution >= 4 is 34.8 Å². The topological polar surface area (TPSA) is 29.1 Å². The molecule has 0 atom stereocenters. The Labute approximate surface area is 122 Å². The van der Waals surface area contributed by atoms with Crippen molar-refractivity contribution in [2.45, 2.75) is 12.8 Å². The smallest absolute Gasteiger partial charge is 0.255 e. The van der Waals surface area contributed by atoms with Crippen molar-refractivity contribution in [3.05, 3.63) is 64.2 Å². The molecule has 0 fully saturated rings. The van der Waals surface area contributed by atoms with E-state index in [0.29, 0.717) is 16.5 Å². The summed E-state index contributed by atoms with van der Waals surface area (Å²) in [7, 11) is 0. The van der Waals surface area contributed by atoms with Crippen molar-refractivity contribution in [1.82, 2.24) is 0 Å². The van der Waals surface area contributed by atoms with Crippen LogP contribution in [0.1, 0.15) is 21.5 Å². The lowest BCUT2D eigenvalue weighted by molar-refractivity contribution is 0.102. The molecule has 0 saturated heterocycles. The maximum absolute atomic E-state index is 12.1. The number of aryl methyl sites for hydroxylation is 1. The summed E-state index contributed by atoms with van der Waals surface area (Å²) in [6.07, 6.45) is 0. The van der Waals surface area contributed by atoms with Crippen molar-refractivity contribution < 1.29 is 4.79 Å². The number of alkyl halides is 1. The van der Waals surface area contributed by atoms with Crippen LogP contribution in [-0.2, 0) is 5.88 Å². The molecule has 0 radical (unpaired) electrons. The summed E-state index contributed by atoms with van der Waals surface area (Å²) in [6.45, 7) is 1.88. The minimum Gasteiger partial charge on any atom is -0.322 e. The second kappa shape index (κ2) is 6.09. The average molecular weight is 294 g/mol. The highest BCUT2D eigenvalue weighted by Gasteiger charge is 2.09. The number of halogens is 2. The molecule has 0 aliphatic heterocycles. The lowest BCUT2D eigenvalue weighted by atomic mass is 10.1. The first kappa shape index (κ1) is 13.9. The molecule has 0 aliphatic rings. The highest BCUT2D eigenvalue weighted by Crippen LogP contribution is 2.18. The molecule has 1 N–H and O–H groups in total. The van der Waals surface area contributed by atoms with Gasteiger partial charge in [-0.15, -0.1) is 11.6 Å². The summed E-state index contributed by atoms with van der Waals surface area (Å²) < 4.78 is 0. The van der Waals surface area contributed by atoms with E-state index in [1.807, 2.05) is 37.3 Å². The number of hydrogen-bond donors (Lipinski definition) is 1. The van der Waals surface area contributed by atoms with Gasteiger partial charge in [-0.05, 0) is 42.3 Å². The Hall–Kier alpha value is -1.51. The van der Waals surface area contributed by atoms with Crippen molar-refractivity contribution in [3.63, 3.8) is 0 Å². The van der Waals surface area contributed by atoms with Crippen LogP contribution in [0.25, 0.3) is 0 Å². The molecule has 19 heavy (non-hydrogen) atoms. The van der Waals surface area contributed by atoms with Gasteiger partial charge in [0.15, 0.2) is 0 Å². The number of carbonyl (C=O) groups excluding carboxylic acids is 1. The zero-order chi connectivity index (χ0) is 13.8. The molecule has 0 spiro atoms. The van der Waals surface area contributed by atoms with Crippen molar-refractivity contribution in [2.75, 3.05) is 5.32 Å². The zero-order valence-electron chi connectivity index (χ0n) is 10.4. The van der Waals surface area contributed by atoms with Crippen molar-refractivity contribution in [3.8, 4) is 0 Å². The maximum Gasteiger partial charge on any atom is 0.255 e. The molecule has 4 heteroatoms. The number of carbonyl (C=O) groups is 1. The molecule has 1 amide bonds. The third-order valence-electron chi connectivity index (χ3n) is 2.81. The van der Waals surface area contributed by atoms with E-state index in [1.165, 1.54) is 0 Å². The van der Waals surface area contributed by atoms with E-state index in [0.717, 1.165) is 16.8 Å². The number of amides is 1. The fourth-order valence-corrected chi connectivity index (χ4v) is 2.06. The number of rotatable bonds is 3. The van der Waals surface area contributed by atoms with Crippen LogP contribution in [0, 0.1) is 6.92 Å². The first-order valence-corrected chi connectivity index (χ1v) is 6.74. The number of nitrogens with one attached hydrogen (secondary N) is 1. The Morgan fingerprint density at radius 2 is 1.84 bits per heavy atom. The molecule has 0 aliphatic carbocycles. The summed E-state index contributed by atoms with van der Waals surface area (Å²) in [5.74, 6) is 0.292. The maximum atomic E-state index is 12.1. The van der Waals surface area contributed by atoms with Gasteiger partial charge in [-0.1, -0.05) is 29.8 Å². The normalized spacial score (nSPS) is 10.3. The van der Waals surface area contributed by atoms with Gasteiger partial charge in [-0.25, -0.2) is 0 Å². The van der Waals surface area contributed by atoms with Crippen molar-refractivity contribution in [2.24, 2.45) is 0 Å². The third kappa shape index (κ3) is 3.49. The summed E-state index contributed by atoms with van der Waals surface area (Å²) >= 11 is 11.6. The van der Waals surface area contributed by atoms with Crippen LogP contribution in [0.2, 0.25) is 5.02 Å². The predicted octanol–water partition coefficient (Wildman–Crippen LogP) is 4.64. The van der Waals surface area contributed by atoms with Crippen LogP contribution in [0.15, 0.2) is 42.5 Å². The summed E-state index contributed by atoms with van der Waals surface area (Å²) in [5, 5.41) is 3.39. The lowest BCUT2D eigenvalue weighted by Gasteiger charge is -2.08. The highest BCUT2D eigenvalue weighted by atomic mass is 35.5. The fraction of sp³-hybridized carbons (Fsp3) is 0.133. The molecule has 2 nitrogen and oxygen atoms in total. The number of hydrogen-bond acceptors (Lipinski definition) is 1. The molecule has 0 aromatic heterocycles. The van der Waals surface area contributed by atoms with Gasteiger partial charge in [0.25, 0.3) is 5.91 Å². The van der Waals surface area contributed by atoms with E-state index < -0.39 is 0 Å². The van der Waals surface area contributed by atoms with Gasteiger partial charge in [0.2, 0.25) is 0 Å². The fourth-order valence-electron chi connectivity index (χ4n) is 1.71.